The van der Waals surface area contributed by atoms with E-state index in [9.17, 15) is 14.7 Å². The number of carbonyl (C=O) groups excluding carboxylic acids is 1. The highest BCUT2D eigenvalue weighted by atomic mass is 16.3. The Kier molecular flexibility index (Phi) is 4.21. The van der Waals surface area contributed by atoms with Crippen molar-refractivity contribution in [1.29, 1.82) is 0 Å². The summed E-state index contributed by atoms with van der Waals surface area (Å²) in [6.07, 6.45) is 3.03. The molecule has 1 unspecified atom stereocenters. The molecule has 1 amide bonds. The number of nitrogens with one attached hydrogen (secondary N) is 2. The smallest absolute Gasteiger partial charge is 0.274 e. The van der Waals surface area contributed by atoms with Crippen LogP contribution in [0.15, 0.2) is 10.9 Å². The molecule has 1 atom stereocenters. The first kappa shape index (κ1) is 15.7. The molecule has 0 bridgehead atoms. The molecule has 1 aliphatic carbocycles. The number of aliphatic hydroxyl groups excluding tert-OH is 1. The van der Waals surface area contributed by atoms with E-state index in [2.05, 4.69) is 15.4 Å². The molecule has 2 aromatic heterocycles. The second kappa shape index (κ2) is 6.16. The second-order valence-electron chi connectivity index (χ2n) is 6.22. The van der Waals surface area contributed by atoms with Crippen molar-refractivity contribution < 1.29 is 9.90 Å². The van der Waals surface area contributed by atoms with Crippen LogP contribution in [-0.2, 0) is 7.05 Å². The van der Waals surface area contributed by atoms with Crippen molar-refractivity contribution in [2.75, 3.05) is 6.54 Å². The summed E-state index contributed by atoms with van der Waals surface area (Å²) >= 11 is 0. The van der Waals surface area contributed by atoms with Gasteiger partial charge in [-0.2, -0.15) is 0 Å². The predicted octanol–water partition coefficient (Wildman–Crippen LogP) is 1.03. The molecule has 7 heteroatoms. The van der Waals surface area contributed by atoms with Crippen molar-refractivity contribution in [2.24, 2.45) is 7.05 Å². The van der Waals surface area contributed by atoms with Gasteiger partial charge in [-0.3, -0.25) is 19.4 Å². The molecule has 124 valence electrons. The first-order valence-corrected chi connectivity index (χ1v) is 8.07. The first-order valence-electron chi connectivity index (χ1n) is 8.07. The molecule has 0 spiro atoms. The number of rotatable bonds is 6. The summed E-state index contributed by atoms with van der Waals surface area (Å²) in [5, 5.41) is 15.4. The lowest BCUT2D eigenvalue weighted by Crippen LogP contribution is -2.32. The lowest BCUT2D eigenvalue weighted by atomic mass is 10.1. The van der Waals surface area contributed by atoms with Gasteiger partial charge in [-0.1, -0.05) is 13.3 Å². The van der Waals surface area contributed by atoms with Crippen LogP contribution in [0.5, 0.6) is 0 Å². The molecule has 1 saturated carbocycles. The van der Waals surface area contributed by atoms with Gasteiger partial charge in [0.25, 0.3) is 11.5 Å². The van der Waals surface area contributed by atoms with Gasteiger partial charge in [0, 0.05) is 25.2 Å². The lowest BCUT2D eigenvalue weighted by molar-refractivity contribution is 0.0911. The van der Waals surface area contributed by atoms with Crippen molar-refractivity contribution in [2.45, 2.75) is 44.6 Å². The third-order valence-corrected chi connectivity index (χ3v) is 4.19. The van der Waals surface area contributed by atoms with Crippen LogP contribution in [0.25, 0.3) is 11.0 Å². The summed E-state index contributed by atoms with van der Waals surface area (Å²) in [7, 11) is 1.71. The van der Waals surface area contributed by atoms with Crippen LogP contribution in [0.4, 0.5) is 0 Å². The number of H-pyrrole nitrogens is 1. The van der Waals surface area contributed by atoms with E-state index < -0.39 is 6.10 Å². The van der Waals surface area contributed by atoms with E-state index in [1.54, 1.807) is 17.8 Å². The Hall–Kier alpha value is -2.15. The maximum Gasteiger partial charge on any atom is 0.274 e. The molecule has 3 rings (SSSR count). The molecule has 23 heavy (non-hydrogen) atoms. The quantitative estimate of drug-likeness (QED) is 0.740. The highest BCUT2D eigenvalue weighted by Gasteiger charge is 2.28. The molecule has 0 saturated heterocycles. The van der Waals surface area contributed by atoms with E-state index >= 15 is 0 Å². The molecule has 2 aromatic rings. The number of aromatic amines is 1. The van der Waals surface area contributed by atoms with Gasteiger partial charge in [-0.05, 0) is 25.3 Å². The summed E-state index contributed by atoms with van der Waals surface area (Å²) < 4.78 is 1.55. The van der Waals surface area contributed by atoms with Crippen molar-refractivity contribution in [1.82, 2.24) is 20.1 Å². The molecule has 1 fully saturated rings. The monoisotopic (exact) mass is 318 g/mol. The van der Waals surface area contributed by atoms with E-state index in [0.29, 0.717) is 28.9 Å². The third kappa shape index (κ3) is 3.14. The zero-order chi connectivity index (χ0) is 16.6. The zero-order valence-electron chi connectivity index (χ0n) is 13.4. The fourth-order valence-corrected chi connectivity index (χ4v) is 2.79. The van der Waals surface area contributed by atoms with Crippen LogP contribution in [-0.4, -0.2) is 38.4 Å². The second-order valence-corrected chi connectivity index (χ2v) is 6.22. The first-order chi connectivity index (χ1) is 11.0. The van der Waals surface area contributed by atoms with Crippen LogP contribution in [0.3, 0.4) is 0 Å². The van der Waals surface area contributed by atoms with E-state index in [4.69, 9.17) is 0 Å². The van der Waals surface area contributed by atoms with Gasteiger partial charge in [0.1, 0.15) is 0 Å². The number of pyridine rings is 1. The van der Waals surface area contributed by atoms with Crippen molar-refractivity contribution >= 4 is 16.9 Å². The average Bonchev–Trinajstić information content (AvgIpc) is 3.32. The summed E-state index contributed by atoms with van der Waals surface area (Å²) in [6, 6.07) is 1.72. The minimum absolute atomic E-state index is 0.181. The number of fused-ring (bicyclic) bond motifs is 1. The minimum atomic E-state index is -0.571. The van der Waals surface area contributed by atoms with Crippen LogP contribution >= 0.6 is 0 Å². The number of aryl methyl sites for hydroxylation is 1. The summed E-state index contributed by atoms with van der Waals surface area (Å²) in [6.45, 7) is 2.16. The molecule has 0 aliphatic heterocycles. The van der Waals surface area contributed by atoms with Crippen molar-refractivity contribution in [3.05, 3.63) is 27.7 Å². The van der Waals surface area contributed by atoms with Crippen molar-refractivity contribution in [3.8, 4) is 0 Å². The Labute approximate surface area is 133 Å². The number of amides is 1. The molecule has 1 aliphatic rings. The summed E-state index contributed by atoms with van der Waals surface area (Å²) in [5.74, 6) is 0.0350. The van der Waals surface area contributed by atoms with E-state index in [1.807, 2.05) is 6.92 Å². The van der Waals surface area contributed by atoms with Gasteiger partial charge < -0.3 is 10.4 Å². The molecule has 2 heterocycles. The number of nitrogens with zero attached hydrogens (tertiary/aromatic N) is 2. The largest absolute Gasteiger partial charge is 0.391 e. The number of hydrogen-bond acceptors (Lipinski definition) is 4. The Balaban J connectivity index is 1.95. The van der Waals surface area contributed by atoms with E-state index in [0.717, 1.165) is 25.0 Å². The highest BCUT2D eigenvalue weighted by Crippen LogP contribution is 2.39. The van der Waals surface area contributed by atoms with Crippen LogP contribution in [0.2, 0.25) is 0 Å². The zero-order valence-corrected chi connectivity index (χ0v) is 13.4. The number of aliphatic hydroxyl groups is 1. The average molecular weight is 318 g/mol. The lowest BCUT2D eigenvalue weighted by Gasteiger charge is -2.11. The normalized spacial score (nSPS) is 15.8. The van der Waals surface area contributed by atoms with Crippen molar-refractivity contribution in [3.63, 3.8) is 0 Å². The van der Waals surface area contributed by atoms with Gasteiger partial charge >= 0.3 is 0 Å². The molecular formula is C16H22N4O3. The maximum absolute atomic E-state index is 12.5. The minimum Gasteiger partial charge on any atom is -0.391 e. The van der Waals surface area contributed by atoms with Gasteiger partial charge in [0.15, 0.2) is 5.65 Å². The summed E-state index contributed by atoms with van der Waals surface area (Å²) in [5.41, 5.74) is 1.36. The highest BCUT2D eigenvalue weighted by molar-refractivity contribution is 6.05. The fourth-order valence-electron chi connectivity index (χ4n) is 2.79. The Morgan fingerprint density at radius 2 is 2.30 bits per heavy atom. The standard InChI is InChI=1S/C16H22N4O3/c1-3-4-10(21)8-17-15(22)11-7-12(9-5-6-9)18-14-13(11)16(23)19-20(14)2/h7,9-10,21H,3-6,8H2,1-2H3,(H,17,22)(H,19,23). The van der Waals surface area contributed by atoms with Crippen LogP contribution < -0.4 is 10.9 Å². The molecule has 0 radical (unpaired) electrons. The molecule has 7 nitrogen and oxygen atoms in total. The molecule has 3 N–H and O–H groups in total. The predicted molar refractivity (Wildman–Crippen MR) is 86.6 cm³/mol. The molecular weight excluding hydrogens is 296 g/mol. The van der Waals surface area contributed by atoms with Gasteiger partial charge in [-0.25, -0.2) is 4.98 Å². The Morgan fingerprint density at radius 3 is 2.96 bits per heavy atom. The third-order valence-electron chi connectivity index (χ3n) is 4.19. The number of carbonyl (C=O) groups is 1. The van der Waals surface area contributed by atoms with Crippen LogP contribution in [0, 0.1) is 0 Å². The summed E-state index contributed by atoms with van der Waals surface area (Å²) in [4.78, 5) is 29.2. The van der Waals surface area contributed by atoms with Crippen LogP contribution in [0.1, 0.15) is 54.6 Å². The Bertz CT molecular complexity index is 788. The fraction of sp³-hybridized carbons (Fsp3) is 0.562. The molecule has 0 aromatic carbocycles. The maximum atomic E-state index is 12.5. The van der Waals surface area contributed by atoms with Gasteiger partial charge in [0.2, 0.25) is 0 Å². The van der Waals surface area contributed by atoms with Gasteiger partial charge in [0.05, 0.1) is 17.1 Å². The number of aromatic nitrogens is 3. The van der Waals surface area contributed by atoms with E-state index in [1.165, 1.54) is 0 Å². The topological polar surface area (TPSA) is 100 Å². The number of hydrogen-bond donors (Lipinski definition) is 3. The SMILES string of the molecule is CCCC(O)CNC(=O)c1cc(C2CC2)nc2c1c(=O)[nH]n2C. The van der Waals surface area contributed by atoms with Gasteiger partial charge in [-0.15, -0.1) is 0 Å². The van der Waals surface area contributed by atoms with E-state index in [-0.39, 0.29) is 18.0 Å². The Morgan fingerprint density at radius 1 is 1.57 bits per heavy atom.